The first kappa shape index (κ1) is 124. The number of unbranched alkanes of at least 4 members (excludes halogenated alkanes) is 16. The first-order chi connectivity index (χ1) is 68.0. The number of Topliss-reactive ketones (excluding diaryl/α,β-unsaturated/α-hetero) is 1. The Labute approximate surface area is 846 Å². The lowest BCUT2D eigenvalue weighted by molar-refractivity contribution is -0.236. The Bertz CT molecular complexity index is 3730. The predicted octanol–water partition coefficient (Wildman–Crippen LogP) is 12.2. The van der Waals surface area contributed by atoms with Crippen LogP contribution < -0.4 is 68.5 Å². The molecule has 13 N–H and O–H groups in total. The van der Waals surface area contributed by atoms with E-state index in [1.807, 2.05) is 13.8 Å². The second-order valence-electron chi connectivity index (χ2n) is 39.9. The van der Waals surface area contributed by atoms with Crippen LogP contribution in [-0.4, -0.2) is 246 Å². The zero-order valence-corrected chi connectivity index (χ0v) is 88.7. The van der Waals surface area contributed by atoms with Crippen molar-refractivity contribution in [2.75, 3.05) is 72.3 Å². The number of aliphatic carboxylic acids is 1. The average molecular weight is 2010 g/mol. The van der Waals surface area contributed by atoms with Gasteiger partial charge in [-0.05, 0) is 207 Å². The number of benzene rings is 1. The number of ether oxygens (including phenoxy) is 9. The molecule has 5 rings (SSSR count). The second kappa shape index (κ2) is 70.3. The van der Waals surface area contributed by atoms with Crippen LogP contribution in [-0.2, 0) is 95.4 Å². The standard InChI is InChI=1S/C106H182N12O24/c1-17-86-68(5)72(9)95(113-76(13)119)103(139-86)135-61-41-34-49-90(124)107-54-38-32-47-84(117-92(126)51-36-43-63-137-105-97(115-78(15)121)74(11)70(7)88(19-3)141-105)101(132)111-58-56-109-99(130)80-65-81(67-83(66-80)134-60-40-28-27-30-46-82(123)45-29-25-23-21-22-24-26-31-53-94(128)129)100(131)110-57-59-112-102(133)85(118-93(127)52-37-44-64-138-106-98(116-79(16)122)75(12)71(8)89(20-4)142-106)48-33-39-55-108-91(125)50-35-42-62-136-104-96(114-77(14)120)73(10)69(6)87(18-2)140-104/h65-75,84-89,95-98,103-106H,17-64H2,1-16H3,(H,107,124)(H,108,125)(H,109,130)(H,110,131)(H,111,132)(H,112,133)(H,113,119)(H,114,120)(H,115,121)(H,116,122)(H,117,126)(H,118,127)(H,128,129)/t68?,69?,70?,71?,72?,73?,74?,75?,84-,85-,86?,87?,88?,89?,95?,96?,97?,98?,103?,104?,105?,106?/m0/s1. The number of carboxylic acid groups (broad SMARTS) is 1. The van der Waals surface area contributed by atoms with Crippen LogP contribution in [0, 0.1) is 47.3 Å². The van der Waals surface area contributed by atoms with Crippen molar-refractivity contribution >= 4 is 82.6 Å². The van der Waals surface area contributed by atoms with Gasteiger partial charge in [0.05, 0.1) is 55.2 Å². The largest absolute Gasteiger partial charge is 0.494 e. The molecule has 1 aromatic rings. The number of amides is 12. The van der Waals surface area contributed by atoms with Crippen LogP contribution in [0.5, 0.6) is 5.75 Å². The number of carbonyl (C=O) groups excluding carboxylic acids is 13. The highest BCUT2D eigenvalue weighted by Crippen LogP contribution is 2.38. The Morgan fingerprint density at radius 3 is 0.880 bits per heavy atom. The summed E-state index contributed by atoms with van der Waals surface area (Å²) in [4.78, 5) is 183. The molecule has 0 saturated carbocycles. The molecule has 0 bridgehead atoms. The molecule has 36 nitrogen and oxygen atoms in total. The van der Waals surface area contributed by atoms with E-state index in [1.165, 1.54) is 45.9 Å². The average Bonchev–Trinajstić information content (AvgIpc) is 0.822. The van der Waals surface area contributed by atoms with Crippen LogP contribution in [0.15, 0.2) is 18.2 Å². The summed E-state index contributed by atoms with van der Waals surface area (Å²) in [6.07, 6.45) is 19.1. The van der Waals surface area contributed by atoms with E-state index in [9.17, 15) is 67.1 Å². The Hall–Kier alpha value is -8.52. The normalized spacial score (nSPS) is 24.6. The van der Waals surface area contributed by atoms with Gasteiger partial charge in [-0.3, -0.25) is 67.1 Å². The second-order valence-corrected chi connectivity index (χ2v) is 39.9. The van der Waals surface area contributed by atoms with E-state index in [2.05, 4.69) is 133 Å². The van der Waals surface area contributed by atoms with Gasteiger partial charge in [0.25, 0.3) is 11.8 Å². The summed E-state index contributed by atoms with van der Waals surface area (Å²) in [6, 6.07) is 1.10. The number of nitrogens with one attached hydrogen (secondary N) is 12. The summed E-state index contributed by atoms with van der Waals surface area (Å²) >= 11 is 0. The molecule has 142 heavy (non-hydrogen) atoms. The zero-order valence-electron chi connectivity index (χ0n) is 88.7. The molecule has 4 aliphatic rings. The van der Waals surface area contributed by atoms with Crippen LogP contribution in [0.3, 0.4) is 0 Å². The molecule has 810 valence electrons. The monoisotopic (exact) mass is 2010 g/mol. The number of hydrogen-bond acceptors (Lipinski definition) is 23. The number of rotatable bonds is 73. The highest BCUT2D eigenvalue weighted by Gasteiger charge is 2.46. The van der Waals surface area contributed by atoms with Crippen molar-refractivity contribution in [3.05, 3.63) is 29.3 Å². The lowest BCUT2D eigenvalue weighted by Gasteiger charge is -2.44. The third kappa shape index (κ3) is 47.8. The molecular weight excluding hydrogens is 1830 g/mol. The van der Waals surface area contributed by atoms with Gasteiger partial charge in [0.2, 0.25) is 59.1 Å². The molecule has 20 unspecified atom stereocenters. The van der Waals surface area contributed by atoms with E-state index < -0.39 is 66.8 Å². The van der Waals surface area contributed by atoms with Gasteiger partial charge in [0, 0.05) is 149 Å². The maximum atomic E-state index is 14.3. The maximum Gasteiger partial charge on any atom is 0.303 e. The quantitative estimate of drug-likeness (QED) is 0.0269. The van der Waals surface area contributed by atoms with Crippen molar-refractivity contribution in [1.82, 2.24) is 63.8 Å². The van der Waals surface area contributed by atoms with Gasteiger partial charge < -0.3 is 112 Å². The SMILES string of the molecule is CCC1OC(OCCCCC(=O)NCCCC[C@H](NC(=O)CCCCOC2OC(CC)C(C)C(C)C2NC(C)=O)C(=O)NCCNC(=O)c2cc(OCCCCCCC(=O)CCCCCCCCCCC(=O)O)cc(C(=O)NCCNC(=O)[C@H](CCCCNC(=O)CCCCOC3OC(CC)C(C)C(C)C3NC(C)=O)NC(=O)CCCCOC3OC(CC)C(C)C(C)C3NC(C)=O)c2)C(NC(C)=O)C(C)C1C. The summed E-state index contributed by atoms with van der Waals surface area (Å²) in [7, 11) is 0. The van der Waals surface area contributed by atoms with Crippen molar-refractivity contribution in [2.45, 2.75) is 434 Å². The lowest BCUT2D eigenvalue weighted by atomic mass is 9.81. The summed E-state index contributed by atoms with van der Waals surface area (Å²) in [6.45, 7) is 32.6. The minimum Gasteiger partial charge on any atom is -0.494 e. The first-order valence-electron chi connectivity index (χ1n) is 53.9. The highest BCUT2D eigenvalue weighted by molar-refractivity contribution is 6.00. The Kier molecular flexibility index (Phi) is 61.4. The van der Waals surface area contributed by atoms with Crippen molar-refractivity contribution in [3.63, 3.8) is 0 Å². The van der Waals surface area contributed by atoms with Crippen molar-refractivity contribution in [1.29, 1.82) is 0 Å². The lowest BCUT2D eigenvalue weighted by Crippen LogP contribution is -2.57. The predicted molar refractivity (Wildman–Crippen MR) is 541 cm³/mol. The minimum absolute atomic E-state index is 0.0126. The molecule has 4 aliphatic heterocycles. The zero-order chi connectivity index (χ0) is 104. The van der Waals surface area contributed by atoms with Crippen molar-refractivity contribution in [2.24, 2.45) is 47.3 Å². The first-order valence-corrected chi connectivity index (χ1v) is 53.9. The summed E-state index contributed by atoms with van der Waals surface area (Å²) in [5.41, 5.74) is 0.120. The van der Waals surface area contributed by atoms with Crippen LogP contribution in [0.4, 0.5) is 0 Å². The Balaban J connectivity index is 1.23. The third-order valence-corrected chi connectivity index (χ3v) is 28.6. The van der Waals surface area contributed by atoms with E-state index in [0.717, 1.165) is 89.9 Å². The molecule has 4 saturated heterocycles. The molecule has 0 aliphatic carbocycles. The topological polar surface area (TPSA) is 487 Å². The van der Waals surface area contributed by atoms with Crippen molar-refractivity contribution in [3.8, 4) is 5.75 Å². The molecule has 36 heteroatoms. The van der Waals surface area contributed by atoms with Crippen LogP contribution in [0.25, 0.3) is 0 Å². The maximum absolute atomic E-state index is 14.3. The van der Waals surface area contributed by atoms with Gasteiger partial charge >= 0.3 is 5.97 Å². The van der Waals surface area contributed by atoms with Gasteiger partial charge in [-0.2, -0.15) is 0 Å². The number of hydrogen-bond donors (Lipinski definition) is 13. The summed E-state index contributed by atoms with van der Waals surface area (Å²) in [5.74, 6) is -3.05. The van der Waals surface area contributed by atoms with E-state index in [1.54, 1.807) is 0 Å². The van der Waals surface area contributed by atoms with Crippen LogP contribution >= 0.6 is 0 Å². The molecule has 4 fully saturated rings. The van der Waals surface area contributed by atoms with Crippen molar-refractivity contribution < 1.29 is 115 Å². The fraction of sp³-hybridized carbons (Fsp3) is 0.811. The van der Waals surface area contributed by atoms with E-state index in [4.69, 9.17) is 47.7 Å². The molecule has 1 aromatic carbocycles. The fourth-order valence-corrected chi connectivity index (χ4v) is 19.2. The van der Waals surface area contributed by atoms with E-state index in [0.29, 0.717) is 129 Å². The van der Waals surface area contributed by atoms with Gasteiger partial charge in [-0.1, -0.05) is 134 Å². The van der Waals surface area contributed by atoms with Crippen LogP contribution in [0.2, 0.25) is 0 Å². The molecule has 0 spiro atoms. The van der Waals surface area contributed by atoms with E-state index >= 15 is 0 Å². The minimum atomic E-state index is -0.992. The number of carbonyl (C=O) groups is 14. The molecule has 0 radical (unpaired) electrons. The van der Waals surface area contributed by atoms with Gasteiger partial charge in [-0.15, -0.1) is 0 Å². The van der Waals surface area contributed by atoms with Crippen LogP contribution in [0.1, 0.15) is 369 Å². The third-order valence-electron chi connectivity index (χ3n) is 28.6. The fourth-order valence-electron chi connectivity index (χ4n) is 19.2. The molecular formula is C106H182N12O24. The summed E-state index contributed by atoms with van der Waals surface area (Å²) in [5, 5.41) is 44.1. The molecule has 0 aromatic heterocycles. The smallest absolute Gasteiger partial charge is 0.303 e. The number of ketones is 1. The molecule has 12 amide bonds. The van der Waals surface area contributed by atoms with E-state index in [-0.39, 0.29) is 257 Å². The summed E-state index contributed by atoms with van der Waals surface area (Å²) < 4.78 is 56.2. The van der Waals surface area contributed by atoms with Gasteiger partial charge in [0.15, 0.2) is 25.2 Å². The molecule has 22 atom stereocenters. The number of carboxylic acids is 1. The molecule has 4 heterocycles. The Morgan fingerprint density at radius 2 is 0.577 bits per heavy atom. The highest BCUT2D eigenvalue weighted by atomic mass is 16.7. The Morgan fingerprint density at radius 1 is 0.303 bits per heavy atom. The van der Waals surface area contributed by atoms with Gasteiger partial charge in [0.1, 0.15) is 23.6 Å². The van der Waals surface area contributed by atoms with Gasteiger partial charge in [-0.25, -0.2) is 0 Å².